The van der Waals surface area contributed by atoms with Gasteiger partial charge in [0.2, 0.25) is 0 Å². The first-order chi connectivity index (χ1) is 14.5. The Balaban J connectivity index is 1.83. The Kier molecular flexibility index (Phi) is 6.67. The largest absolute Gasteiger partial charge is 0.351 e. The third-order valence-corrected chi connectivity index (χ3v) is 5.73. The fourth-order valence-corrected chi connectivity index (χ4v) is 3.83. The highest BCUT2D eigenvalue weighted by atomic mass is 16.7. The van der Waals surface area contributed by atoms with Crippen molar-refractivity contribution in [2.75, 3.05) is 35.0 Å². The summed E-state index contributed by atoms with van der Waals surface area (Å²) in [6, 6.07) is 16.3. The number of rotatable bonds is 10. The topological polar surface area (TPSA) is 74.3 Å². The van der Waals surface area contributed by atoms with Gasteiger partial charge in [0.05, 0.1) is 17.7 Å². The monoisotopic (exact) mass is 413 g/mol. The Morgan fingerprint density at radius 1 is 0.700 bits per heavy atom. The Morgan fingerprint density at radius 2 is 1.20 bits per heavy atom. The number of carbonyl (C=O) groups is 2. The van der Waals surface area contributed by atoms with Crippen molar-refractivity contribution in [2.45, 2.75) is 24.4 Å². The molecule has 1 aliphatic heterocycles. The third-order valence-electron chi connectivity index (χ3n) is 5.73. The molecule has 0 fully saturated rings. The van der Waals surface area contributed by atoms with Crippen LogP contribution in [0, 0.1) is 0 Å². The number of benzene rings is 2. The molecule has 0 bridgehead atoms. The van der Waals surface area contributed by atoms with Crippen molar-refractivity contribution in [2.24, 2.45) is 0 Å². The van der Waals surface area contributed by atoms with Gasteiger partial charge in [-0.3, -0.25) is 14.5 Å². The van der Waals surface area contributed by atoms with E-state index in [9.17, 15) is 9.59 Å². The molecule has 0 radical (unpaired) electrons. The van der Waals surface area contributed by atoms with Gasteiger partial charge in [0.15, 0.2) is 11.6 Å². The second-order valence-electron chi connectivity index (χ2n) is 7.09. The second-order valence-corrected chi connectivity index (χ2v) is 7.09. The van der Waals surface area contributed by atoms with Crippen molar-refractivity contribution in [1.29, 1.82) is 0 Å². The molecule has 0 N–H and O–H groups in total. The van der Waals surface area contributed by atoms with Gasteiger partial charge >= 0.3 is 0 Å². The van der Waals surface area contributed by atoms with Crippen molar-refractivity contribution in [1.82, 2.24) is 4.90 Å². The zero-order valence-corrected chi connectivity index (χ0v) is 17.7. The minimum atomic E-state index is -1.22. The van der Waals surface area contributed by atoms with E-state index in [-0.39, 0.29) is 18.4 Å². The molecular formula is C23H27NO6. The predicted octanol–water partition coefficient (Wildman–Crippen LogP) is 3.20. The van der Waals surface area contributed by atoms with E-state index in [1.165, 1.54) is 19.1 Å². The first-order valence-electron chi connectivity index (χ1n) is 9.67. The standard InChI is InChI=1S/C23H27NO6/c1-27-22(28-2,14-15-23(29-3,30-4)17-10-6-5-7-11-17)16-24-20(25)18-12-8-9-13-19(18)21(24)26/h5-13H,14-16H2,1-4H3. The molecule has 3 rings (SSSR count). The summed E-state index contributed by atoms with van der Waals surface area (Å²) in [4.78, 5) is 26.8. The van der Waals surface area contributed by atoms with Crippen LogP contribution in [0.25, 0.3) is 0 Å². The van der Waals surface area contributed by atoms with E-state index in [1.807, 2.05) is 30.3 Å². The number of methoxy groups -OCH3 is 4. The first-order valence-corrected chi connectivity index (χ1v) is 9.67. The molecule has 30 heavy (non-hydrogen) atoms. The summed E-state index contributed by atoms with van der Waals surface area (Å²) in [5.74, 6) is -2.96. The minimum Gasteiger partial charge on any atom is -0.351 e. The quantitative estimate of drug-likeness (QED) is 0.440. The van der Waals surface area contributed by atoms with E-state index in [0.29, 0.717) is 24.0 Å². The Hall–Kier alpha value is -2.58. The number of ether oxygens (including phenoxy) is 4. The van der Waals surface area contributed by atoms with Crippen molar-refractivity contribution < 1.29 is 28.5 Å². The van der Waals surface area contributed by atoms with Gasteiger partial charge < -0.3 is 18.9 Å². The van der Waals surface area contributed by atoms with Gasteiger partial charge in [0, 0.05) is 46.8 Å². The average molecular weight is 413 g/mol. The van der Waals surface area contributed by atoms with E-state index in [0.717, 1.165) is 5.56 Å². The van der Waals surface area contributed by atoms with E-state index in [2.05, 4.69) is 0 Å². The molecule has 0 saturated heterocycles. The van der Waals surface area contributed by atoms with Crippen molar-refractivity contribution in [3.05, 3.63) is 71.3 Å². The number of hydrogen-bond acceptors (Lipinski definition) is 6. The smallest absolute Gasteiger partial charge is 0.261 e. The highest BCUT2D eigenvalue weighted by Crippen LogP contribution is 2.36. The Labute approximate surface area is 176 Å². The number of amides is 2. The van der Waals surface area contributed by atoms with Crippen LogP contribution in [0.15, 0.2) is 54.6 Å². The average Bonchev–Trinajstić information content (AvgIpc) is 3.04. The van der Waals surface area contributed by atoms with Crippen LogP contribution in [0.1, 0.15) is 39.1 Å². The molecule has 160 valence electrons. The summed E-state index contributed by atoms with van der Waals surface area (Å²) in [6.45, 7) is -0.0509. The molecular weight excluding hydrogens is 386 g/mol. The zero-order chi connectivity index (χ0) is 21.8. The normalized spacial score (nSPS) is 14.3. The molecule has 2 aromatic rings. The van der Waals surface area contributed by atoms with Crippen LogP contribution in [0.2, 0.25) is 0 Å². The summed E-state index contributed by atoms with van der Waals surface area (Å²) in [6.07, 6.45) is 0.679. The fourth-order valence-electron chi connectivity index (χ4n) is 3.83. The molecule has 0 aromatic heterocycles. The molecule has 1 heterocycles. The van der Waals surface area contributed by atoms with E-state index >= 15 is 0 Å². The summed E-state index contributed by atoms with van der Waals surface area (Å²) in [7, 11) is 6.13. The highest BCUT2D eigenvalue weighted by molar-refractivity contribution is 6.21. The van der Waals surface area contributed by atoms with Gasteiger partial charge in [0.1, 0.15) is 0 Å². The summed E-state index contributed by atoms with van der Waals surface area (Å²) >= 11 is 0. The maximum absolute atomic E-state index is 12.8. The third kappa shape index (κ3) is 3.89. The summed E-state index contributed by atoms with van der Waals surface area (Å²) < 4.78 is 22.9. The van der Waals surface area contributed by atoms with Crippen LogP contribution < -0.4 is 0 Å². The van der Waals surface area contributed by atoms with Gasteiger partial charge in [-0.15, -0.1) is 0 Å². The van der Waals surface area contributed by atoms with Crippen LogP contribution in [0.3, 0.4) is 0 Å². The molecule has 0 atom stereocenters. The fraction of sp³-hybridized carbons (Fsp3) is 0.391. The maximum Gasteiger partial charge on any atom is 0.261 e. The summed E-state index contributed by atoms with van der Waals surface area (Å²) in [5.41, 5.74) is 1.61. The van der Waals surface area contributed by atoms with Crippen LogP contribution >= 0.6 is 0 Å². The molecule has 0 spiro atoms. The zero-order valence-electron chi connectivity index (χ0n) is 17.7. The molecule has 2 aromatic carbocycles. The van der Waals surface area contributed by atoms with E-state index in [1.54, 1.807) is 38.5 Å². The molecule has 0 unspecified atom stereocenters. The van der Waals surface area contributed by atoms with E-state index < -0.39 is 11.6 Å². The Bertz CT molecular complexity index is 855. The van der Waals surface area contributed by atoms with Crippen molar-refractivity contribution >= 4 is 11.8 Å². The SMILES string of the molecule is COC(CCC(OC)(OC)c1ccccc1)(CN1C(=O)c2ccccc2C1=O)OC. The van der Waals surface area contributed by atoms with E-state index in [4.69, 9.17) is 18.9 Å². The predicted molar refractivity (Wildman–Crippen MR) is 110 cm³/mol. The van der Waals surface area contributed by atoms with Crippen LogP contribution in [0.5, 0.6) is 0 Å². The number of hydrogen-bond donors (Lipinski definition) is 0. The number of imide groups is 1. The number of nitrogens with zero attached hydrogens (tertiary/aromatic N) is 1. The lowest BCUT2D eigenvalue weighted by Crippen LogP contribution is -2.49. The lowest BCUT2D eigenvalue weighted by atomic mass is 9.96. The maximum atomic E-state index is 12.8. The van der Waals surface area contributed by atoms with Crippen LogP contribution in [0.4, 0.5) is 0 Å². The molecule has 1 aliphatic rings. The van der Waals surface area contributed by atoms with Crippen molar-refractivity contribution in [3.8, 4) is 0 Å². The van der Waals surface area contributed by atoms with Gasteiger partial charge in [-0.25, -0.2) is 0 Å². The number of carbonyl (C=O) groups excluding carboxylic acids is 2. The van der Waals surface area contributed by atoms with Crippen LogP contribution in [-0.4, -0.2) is 57.5 Å². The molecule has 0 saturated carbocycles. The molecule has 7 heteroatoms. The lowest BCUT2D eigenvalue weighted by Gasteiger charge is -2.38. The van der Waals surface area contributed by atoms with Gasteiger partial charge in [-0.1, -0.05) is 42.5 Å². The van der Waals surface area contributed by atoms with Crippen molar-refractivity contribution in [3.63, 3.8) is 0 Å². The molecule has 7 nitrogen and oxygen atoms in total. The minimum absolute atomic E-state index is 0.0509. The van der Waals surface area contributed by atoms with Gasteiger partial charge in [-0.05, 0) is 12.1 Å². The number of fused-ring (bicyclic) bond motifs is 1. The van der Waals surface area contributed by atoms with Crippen LogP contribution in [-0.2, 0) is 24.7 Å². The Morgan fingerprint density at radius 3 is 1.67 bits per heavy atom. The lowest BCUT2D eigenvalue weighted by molar-refractivity contribution is -0.255. The first kappa shape index (κ1) is 22.1. The summed E-state index contributed by atoms with van der Waals surface area (Å²) in [5, 5.41) is 0. The van der Waals surface area contributed by atoms with Gasteiger partial charge in [0.25, 0.3) is 11.8 Å². The van der Waals surface area contributed by atoms with Gasteiger partial charge in [-0.2, -0.15) is 0 Å². The second kappa shape index (κ2) is 9.06. The molecule has 0 aliphatic carbocycles. The highest BCUT2D eigenvalue weighted by Gasteiger charge is 2.44. The molecule has 2 amide bonds.